The molecule has 0 saturated carbocycles. The number of pyridine rings is 1. The summed E-state index contributed by atoms with van der Waals surface area (Å²) in [4.78, 5) is 4.51. The maximum Gasteiger partial charge on any atom is 0.261 e. The third-order valence-corrected chi connectivity index (χ3v) is 5.81. The second-order valence-corrected chi connectivity index (χ2v) is 8.26. The molecule has 0 saturated heterocycles. The summed E-state index contributed by atoms with van der Waals surface area (Å²) in [6.07, 6.45) is 1.70. The average Bonchev–Trinajstić information content (AvgIpc) is 2.69. The van der Waals surface area contributed by atoms with Crippen LogP contribution in [0.5, 0.6) is 0 Å². The number of sulfonamides is 1. The molecule has 0 aliphatic rings. The van der Waals surface area contributed by atoms with Gasteiger partial charge in [-0.15, -0.1) is 12.4 Å². The molecule has 0 spiro atoms. The lowest BCUT2D eigenvalue weighted by Gasteiger charge is -2.11. The normalized spacial score (nSPS) is 10.9. The van der Waals surface area contributed by atoms with Crippen molar-refractivity contribution in [3.05, 3.63) is 90.1 Å². The third kappa shape index (κ3) is 4.79. The Morgan fingerprint density at radius 2 is 1.55 bits per heavy atom. The standard InChI is InChI=1S/C21H16ClN3O2S.ClH/c22-15-6-11-19-20(12-13-23-21(19)14-15)24-16-7-9-18(10-8-16)28(26,27)25-17-4-2-1-3-5-17;/h1-14,25H,(H,23,24);1H. The zero-order valence-corrected chi connectivity index (χ0v) is 17.4. The number of anilines is 3. The minimum atomic E-state index is -3.64. The van der Waals surface area contributed by atoms with E-state index < -0.39 is 10.0 Å². The van der Waals surface area contributed by atoms with E-state index in [1.165, 1.54) is 0 Å². The highest BCUT2D eigenvalue weighted by Gasteiger charge is 2.14. The number of benzene rings is 3. The molecule has 2 N–H and O–H groups in total. The highest BCUT2D eigenvalue weighted by Crippen LogP contribution is 2.27. The number of aromatic nitrogens is 1. The summed E-state index contributed by atoms with van der Waals surface area (Å²) in [7, 11) is -3.64. The molecule has 148 valence electrons. The number of para-hydroxylation sites is 1. The Bertz CT molecular complexity index is 1230. The summed E-state index contributed by atoms with van der Waals surface area (Å²) >= 11 is 6.03. The van der Waals surface area contributed by atoms with Crippen molar-refractivity contribution in [3.63, 3.8) is 0 Å². The van der Waals surface area contributed by atoms with Crippen molar-refractivity contribution in [1.82, 2.24) is 4.98 Å². The average molecular weight is 446 g/mol. The number of nitrogens with one attached hydrogen (secondary N) is 2. The molecule has 0 aliphatic carbocycles. The summed E-state index contributed by atoms with van der Waals surface area (Å²) < 4.78 is 27.6. The van der Waals surface area contributed by atoms with Crippen LogP contribution in [0, 0.1) is 0 Å². The second-order valence-electron chi connectivity index (χ2n) is 6.14. The van der Waals surface area contributed by atoms with E-state index in [1.54, 1.807) is 60.8 Å². The van der Waals surface area contributed by atoms with Gasteiger partial charge in [0.05, 0.1) is 10.4 Å². The van der Waals surface area contributed by atoms with Crippen molar-refractivity contribution >= 4 is 62.0 Å². The molecule has 8 heteroatoms. The van der Waals surface area contributed by atoms with Crippen LogP contribution < -0.4 is 10.0 Å². The largest absolute Gasteiger partial charge is 0.355 e. The highest BCUT2D eigenvalue weighted by atomic mass is 35.5. The highest BCUT2D eigenvalue weighted by molar-refractivity contribution is 7.92. The molecule has 0 atom stereocenters. The van der Waals surface area contributed by atoms with Gasteiger partial charge in [0.25, 0.3) is 10.0 Å². The minimum absolute atomic E-state index is 0. The fourth-order valence-electron chi connectivity index (χ4n) is 2.82. The monoisotopic (exact) mass is 445 g/mol. The lowest BCUT2D eigenvalue weighted by molar-refractivity contribution is 0.601. The van der Waals surface area contributed by atoms with Crippen molar-refractivity contribution in [1.29, 1.82) is 0 Å². The first-order valence-corrected chi connectivity index (χ1v) is 10.4. The Kier molecular flexibility index (Phi) is 6.27. The van der Waals surface area contributed by atoms with E-state index >= 15 is 0 Å². The first kappa shape index (κ1) is 20.9. The molecule has 0 aliphatic heterocycles. The van der Waals surface area contributed by atoms with E-state index in [9.17, 15) is 8.42 Å². The van der Waals surface area contributed by atoms with Gasteiger partial charge < -0.3 is 5.32 Å². The van der Waals surface area contributed by atoms with Crippen LogP contribution in [0.15, 0.2) is 90.0 Å². The Labute approximate surface area is 180 Å². The van der Waals surface area contributed by atoms with Crippen LogP contribution >= 0.6 is 24.0 Å². The molecule has 0 fully saturated rings. The van der Waals surface area contributed by atoms with Gasteiger partial charge in [-0.3, -0.25) is 9.71 Å². The van der Waals surface area contributed by atoms with Crippen molar-refractivity contribution < 1.29 is 8.42 Å². The summed E-state index contributed by atoms with van der Waals surface area (Å²) in [5, 5.41) is 4.84. The molecule has 4 aromatic rings. The Morgan fingerprint density at radius 3 is 2.28 bits per heavy atom. The zero-order chi connectivity index (χ0) is 19.6. The lowest BCUT2D eigenvalue weighted by Crippen LogP contribution is -2.12. The van der Waals surface area contributed by atoms with Crippen LogP contribution in [0.1, 0.15) is 0 Å². The quantitative estimate of drug-likeness (QED) is 0.403. The predicted molar refractivity (Wildman–Crippen MR) is 121 cm³/mol. The Balaban J connectivity index is 0.00000240. The molecular weight excluding hydrogens is 429 g/mol. The molecule has 3 aromatic carbocycles. The van der Waals surface area contributed by atoms with E-state index in [0.29, 0.717) is 10.7 Å². The van der Waals surface area contributed by atoms with E-state index in [1.807, 2.05) is 24.3 Å². The molecular formula is C21H17Cl2N3O2S. The van der Waals surface area contributed by atoms with Crippen molar-refractivity contribution in [2.75, 3.05) is 10.0 Å². The smallest absolute Gasteiger partial charge is 0.261 e. The number of hydrogen-bond donors (Lipinski definition) is 2. The third-order valence-electron chi connectivity index (χ3n) is 4.17. The van der Waals surface area contributed by atoms with E-state index in [4.69, 9.17) is 11.6 Å². The van der Waals surface area contributed by atoms with Gasteiger partial charge in [0, 0.05) is 33.7 Å². The van der Waals surface area contributed by atoms with E-state index in [-0.39, 0.29) is 17.3 Å². The van der Waals surface area contributed by atoms with Gasteiger partial charge in [-0.05, 0) is 60.7 Å². The van der Waals surface area contributed by atoms with Gasteiger partial charge >= 0.3 is 0 Å². The van der Waals surface area contributed by atoms with Crippen LogP contribution in [0.2, 0.25) is 5.02 Å². The second kappa shape index (κ2) is 8.69. The Hall–Kier alpha value is -2.80. The number of halogens is 2. The first-order valence-electron chi connectivity index (χ1n) is 8.50. The fourth-order valence-corrected chi connectivity index (χ4v) is 4.05. The maximum absolute atomic E-state index is 12.5. The molecule has 5 nitrogen and oxygen atoms in total. The lowest BCUT2D eigenvalue weighted by atomic mass is 10.2. The predicted octanol–water partition coefficient (Wildman–Crippen LogP) is 5.85. The molecule has 29 heavy (non-hydrogen) atoms. The van der Waals surface area contributed by atoms with Crippen LogP contribution in [-0.2, 0) is 10.0 Å². The van der Waals surface area contributed by atoms with Crippen LogP contribution in [0.25, 0.3) is 10.9 Å². The van der Waals surface area contributed by atoms with Gasteiger partial charge in [-0.1, -0.05) is 29.8 Å². The fraction of sp³-hybridized carbons (Fsp3) is 0. The summed E-state index contributed by atoms with van der Waals surface area (Å²) in [6, 6.07) is 22.7. The molecule has 4 rings (SSSR count). The molecule has 0 bridgehead atoms. The summed E-state index contributed by atoms with van der Waals surface area (Å²) in [5.74, 6) is 0. The van der Waals surface area contributed by atoms with E-state index in [0.717, 1.165) is 22.3 Å². The summed E-state index contributed by atoms with van der Waals surface area (Å²) in [6.45, 7) is 0. The molecule has 0 unspecified atom stereocenters. The first-order chi connectivity index (χ1) is 13.5. The SMILES string of the molecule is Cl.O=S(=O)(Nc1ccccc1)c1ccc(Nc2ccnc3cc(Cl)ccc23)cc1. The number of hydrogen-bond acceptors (Lipinski definition) is 4. The molecule has 0 amide bonds. The van der Waals surface area contributed by atoms with E-state index in [2.05, 4.69) is 15.0 Å². The van der Waals surface area contributed by atoms with Crippen LogP contribution in [0.3, 0.4) is 0 Å². The topological polar surface area (TPSA) is 71.1 Å². The van der Waals surface area contributed by atoms with Gasteiger partial charge in [0.15, 0.2) is 0 Å². The Morgan fingerprint density at radius 1 is 0.828 bits per heavy atom. The van der Waals surface area contributed by atoms with Crippen LogP contribution in [-0.4, -0.2) is 13.4 Å². The van der Waals surface area contributed by atoms with Gasteiger partial charge in [-0.2, -0.15) is 0 Å². The van der Waals surface area contributed by atoms with Gasteiger partial charge in [0.2, 0.25) is 0 Å². The number of fused-ring (bicyclic) bond motifs is 1. The maximum atomic E-state index is 12.5. The zero-order valence-electron chi connectivity index (χ0n) is 15.0. The number of nitrogens with zero attached hydrogens (tertiary/aromatic N) is 1. The molecule has 0 radical (unpaired) electrons. The van der Waals surface area contributed by atoms with Gasteiger partial charge in [0.1, 0.15) is 0 Å². The van der Waals surface area contributed by atoms with Crippen molar-refractivity contribution in [2.45, 2.75) is 4.90 Å². The van der Waals surface area contributed by atoms with Gasteiger partial charge in [-0.25, -0.2) is 8.42 Å². The molecule has 1 heterocycles. The van der Waals surface area contributed by atoms with Crippen molar-refractivity contribution in [3.8, 4) is 0 Å². The molecule has 1 aromatic heterocycles. The van der Waals surface area contributed by atoms with Crippen molar-refractivity contribution in [2.24, 2.45) is 0 Å². The number of rotatable bonds is 5. The van der Waals surface area contributed by atoms with Crippen LogP contribution in [0.4, 0.5) is 17.1 Å². The summed E-state index contributed by atoms with van der Waals surface area (Å²) in [5.41, 5.74) is 2.93. The minimum Gasteiger partial charge on any atom is -0.355 e.